The number of hydrogen-bond acceptors (Lipinski definition) is 6. The smallest absolute Gasteiger partial charge is 0.334 e. The molecule has 41 heavy (non-hydrogen) atoms. The lowest BCUT2D eigenvalue weighted by Crippen LogP contribution is -2.26. The molecule has 0 spiro atoms. The van der Waals surface area contributed by atoms with Gasteiger partial charge in [0.15, 0.2) is 0 Å². The number of aliphatic hydroxyl groups excluding tert-OH is 3. The van der Waals surface area contributed by atoms with E-state index in [-0.39, 0.29) is 24.3 Å². The van der Waals surface area contributed by atoms with Gasteiger partial charge >= 0.3 is 5.97 Å². The number of carbonyl (C=O) groups excluding carboxylic acids is 1. The molecule has 1 fully saturated rings. The highest BCUT2D eigenvalue weighted by Gasteiger charge is 2.30. The third-order valence-corrected chi connectivity index (χ3v) is 9.08. The summed E-state index contributed by atoms with van der Waals surface area (Å²) >= 11 is 0. The van der Waals surface area contributed by atoms with Gasteiger partial charge in [0.25, 0.3) is 0 Å². The van der Waals surface area contributed by atoms with Crippen LogP contribution in [0.1, 0.15) is 168 Å². The molecule has 0 saturated carbocycles. The molecule has 1 saturated heterocycles. The summed E-state index contributed by atoms with van der Waals surface area (Å²) in [6.07, 6.45) is 26.8. The zero-order valence-corrected chi connectivity index (χ0v) is 26.6. The summed E-state index contributed by atoms with van der Waals surface area (Å²) in [5.41, 5.74) is 0.873. The number of esters is 1. The van der Waals surface area contributed by atoms with Crippen LogP contribution in [0.2, 0.25) is 0 Å². The third kappa shape index (κ3) is 16.5. The van der Waals surface area contributed by atoms with Gasteiger partial charge in [-0.05, 0) is 64.4 Å². The Morgan fingerprint density at radius 1 is 0.732 bits per heavy atom. The number of rotatable bonds is 26. The lowest BCUT2D eigenvalue weighted by Gasteiger charge is -2.19. The van der Waals surface area contributed by atoms with Crippen LogP contribution in [-0.4, -0.2) is 57.9 Å². The molecule has 0 radical (unpaired) electrons. The van der Waals surface area contributed by atoms with Crippen molar-refractivity contribution in [2.24, 2.45) is 0 Å². The lowest BCUT2D eigenvalue weighted by atomic mass is 9.99. The average Bonchev–Trinajstić information content (AvgIpc) is 3.56. The van der Waals surface area contributed by atoms with Gasteiger partial charge in [-0.3, -0.25) is 0 Å². The van der Waals surface area contributed by atoms with Crippen LogP contribution in [0.3, 0.4) is 0 Å². The quantitative estimate of drug-likeness (QED) is 0.0707. The molecule has 0 bridgehead atoms. The molecule has 0 aliphatic carbocycles. The highest BCUT2D eigenvalue weighted by Crippen LogP contribution is 2.28. The minimum Gasteiger partial charge on any atom is -0.455 e. The molecule has 2 aliphatic heterocycles. The van der Waals surface area contributed by atoms with E-state index in [1.54, 1.807) is 0 Å². The lowest BCUT2D eigenvalue weighted by molar-refractivity contribution is -0.139. The van der Waals surface area contributed by atoms with Crippen molar-refractivity contribution in [1.82, 2.24) is 0 Å². The van der Waals surface area contributed by atoms with E-state index < -0.39 is 12.2 Å². The maximum Gasteiger partial charge on any atom is 0.334 e. The van der Waals surface area contributed by atoms with E-state index in [2.05, 4.69) is 6.92 Å². The Hall–Kier alpha value is -0.950. The van der Waals surface area contributed by atoms with Crippen molar-refractivity contribution in [3.63, 3.8) is 0 Å². The molecule has 2 rings (SSSR count). The summed E-state index contributed by atoms with van der Waals surface area (Å²) in [6, 6.07) is 0. The third-order valence-electron chi connectivity index (χ3n) is 9.08. The molecule has 0 aromatic rings. The normalized spacial score (nSPS) is 23.0. The summed E-state index contributed by atoms with van der Waals surface area (Å²) in [5, 5.41) is 30.7. The number of ether oxygens (including phenoxy) is 2. The Morgan fingerprint density at radius 3 is 1.85 bits per heavy atom. The van der Waals surface area contributed by atoms with Gasteiger partial charge in [0.2, 0.25) is 0 Å². The highest BCUT2D eigenvalue weighted by molar-refractivity contribution is 5.90. The maximum atomic E-state index is 11.6. The standard InChI is InChI=1S/C35H64O6/c1-3-4-15-22-31(36)32(37)23-18-13-14-19-24-33(38)34-26-25-30(41-34)21-17-12-10-8-6-5-7-9-11-16-20-29-27-28(2)40-35(29)39/h27-28,30-34,36-38H,3-26H2,1-2H3. The Labute approximate surface area is 251 Å². The molecule has 0 aromatic heterocycles. The second-order valence-electron chi connectivity index (χ2n) is 12.9. The van der Waals surface area contributed by atoms with Crippen molar-refractivity contribution in [1.29, 1.82) is 0 Å². The molecular weight excluding hydrogens is 516 g/mol. The largest absolute Gasteiger partial charge is 0.455 e. The van der Waals surface area contributed by atoms with Gasteiger partial charge in [0.1, 0.15) is 6.10 Å². The van der Waals surface area contributed by atoms with Crippen molar-refractivity contribution in [2.75, 3.05) is 0 Å². The molecule has 6 heteroatoms. The van der Waals surface area contributed by atoms with Gasteiger partial charge in [-0.25, -0.2) is 4.79 Å². The number of aliphatic hydroxyl groups is 3. The van der Waals surface area contributed by atoms with Crippen molar-refractivity contribution in [3.05, 3.63) is 11.6 Å². The Balaban J connectivity index is 1.34. The fourth-order valence-electron chi connectivity index (χ4n) is 6.38. The molecule has 3 N–H and O–H groups in total. The summed E-state index contributed by atoms with van der Waals surface area (Å²) in [4.78, 5) is 11.6. The predicted octanol–water partition coefficient (Wildman–Crippen LogP) is 8.09. The van der Waals surface area contributed by atoms with Gasteiger partial charge in [-0.1, -0.05) is 110 Å². The second kappa shape index (κ2) is 22.6. The van der Waals surface area contributed by atoms with Gasteiger partial charge < -0.3 is 24.8 Å². The molecule has 6 unspecified atom stereocenters. The predicted molar refractivity (Wildman–Crippen MR) is 167 cm³/mol. The van der Waals surface area contributed by atoms with Crippen LogP contribution in [0.25, 0.3) is 0 Å². The van der Waals surface area contributed by atoms with Crippen LogP contribution in [0.15, 0.2) is 11.6 Å². The zero-order valence-electron chi connectivity index (χ0n) is 26.6. The maximum absolute atomic E-state index is 11.6. The molecule has 6 nitrogen and oxygen atoms in total. The van der Waals surface area contributed by atoms with Crippen LogP contribution in [0.5, 0.6) is 0 Å². The Kier molecular flexibility index (Phi) is 20.0. The van der Waals surface area contributed by atoms with Crippen molar-refractivity contribution in [2.45, 2.75) is 205 Å². The van der Waals surface area contributed by atoms with Crippen LogP contribution in [0, 0.1) is 0 Å². The molecule has 6 atom stereocenters. The fraction of sp³-hybridized carbons (Fsp3) is 0.914. The first-order valence-corrected chi connectivity index (χ1v) is 17.5. The number of unbranched alkanes of at least 4 members (excludes halogenated alkanes) is 14. The minimum absolute atomic E-state index is 0.00682. The van der Waals surface area contributed by atoms with E-state index >= 15 is 0 Å². The van der Waals surface area contributed by atoms with Crippen LogP contribution < -0.4 is 0 Å². The van der Waals surface area contributed by atoms with Gasteiger partial charge in [-0.15, -0.1) is 0 Å². The van der Waals surface area contributed by atoms with Crippen LogP contribution in [0.4, 0.5) is 0 Å². The van der Waals surface area contributed by atoms with E-state index in [9.17, 15) is 20.1 Å². The number of cyclic esters (lactones) is 1. The second-order valence-corrected chi connectivity index (χ2v) is 12.9. The van der Waals surface area contributed by atoms with E-state index in [1.165, 1.54) is 57.8 Å². The Bertz CT molecular complexity index is 694. The summed E-state index contributed by atoms with van der Waals surface area (Å²) < 4.78 is 11.3. The average molecular weight is 581 g/mol. The van der Waals surface area contributed by atoms with E-state index in [0.717, 1.165) is 89.0 Å². The first kappa shape index (κ1) is 36.2. The van der Waals surface area contributed by atoms with Crippen molar-refractivity contribution < 1.29 is 29.6 Å². The molecule has 0 amide bonds. The minimum atomic E-state index is -0.595. The summed E-state index contributed by atoms with van der Waals surface area (Å²) in [6.45, 7) is 4.06. The van der Waals surface area contributed by atoms with Gasteiger partial charge in [0.05, 0.1) is 30.5 Å². The van der Waals surface area contributed by atoms with Crippen molar-refractivity contribution in [3.8, 4) is 0 Å². The van der Waals surface area contributed by atoms with E-state index in [1.807, 2.05) is 13.0 Å². The number of carbonyl (C=O) groups is 1. The topological polar surface area (TPSA) is 96.2 Å². The summed E-state index contributed by atoms with van der Waals surface area (Å²) in [7, 11) is 0. The molecule has 2 heterocycles. The molecule has 0 aromatic carbocycles. The van der Waals surface area contributed by atoms with E-state index in [0.29, 0.717) is 18.9 Å². The van der Waals surface area contributed by atoms with Crippen LogP contribution in [-0.2, 0) is 14.3 Å². The van der Waals surface area contributed by atoms with Gasteiger partial charge in [0, 0.05) is 5.57 Å². The SMILES string of the molecule is CCCCCC(O)C(O)CCCCCCC(O)C1CCC(CCCCCCCCCCCCC2=CC(C)OC2=O)O1. The number of hydrogen-bond donors (Lipinski definition) is 3. The zero-order chi connectivity index (χ0) is 29.7. The first-order valence-electron chi connectivity index (χ1n) is 17.5. The monoisotopic (exact) mass is 580 g/mol. The van der Waals surface area contributed by atoms with E-state index in [4.69, 9.17) is 9.47 Å². The molecule has 2 aliphatic rings. The van der Waals surface area contributed by atoms with Crippen molar-refractivity contribution >= 4 is 5.97 Å². The first-order chi connectivity index (χ1) is 19.9. The molecular formula is C35H64O6. The highest BCUT2D eigenvalue weighted by atomic mass is 16.5. The Morgan fingerprint density at radius 2 is 1.27 bits per heavy atom. The summed E-state index contributed by atoms with van der Waals surface area (Å²) in [5.74, 6) is -0.114. The van der Waals surface area contributed by atoms with Gasteiger partial charge in [-0.2, -0.15) is 0 Å². The fourth-order valence-corrected chi connectivity index (χ4v) is 6.38. The van der Waals surface area contributed by atoms with Crippen LogP contribution >= 0.6 is 0 Å². The molecule has 240 valence electrons.